The number of benzene rings is 1. The first kappa shape index (κ1) is 9.70. The molecule has 3 nitrogen and oxygen atoms in total. The van der Waals surface area contributed by atoms with Gasteiger partial charge >= 0.3 is 0 Å². The van der Waals surface area contributed by atoms with E-state index in [2.05, 4.69) is 24.8 Å². The zero-order chi connectivity index (χ0) is 11.3. The van der Waals surface area contributed by atoms with Crippen molar-refractivity contribution in [3.8, 4) is 0 Å². The Morgan fingerprint density at radius 1 is 1.25 bits per heavy atom. The summed E-state index contributed by atoms with van der Waals surface area (Å²) in [4.78, 5) is 16.5. The van der Waals surface area contributed by atoms with Crippen LogP contribution in [0.5, 0.6) is 0 Å². The summed E-state index contributed by atoms with van der Waals surface area (Å²) in [5, 5.41) is 0. The topological polar surface area (TPSA) is 23.6 Å². The summed E-state index contributed by atoms with van der Waals surface area (Å²) in [6.45, 7) is 5.85. The van der Waals surface area contributed by atoms with Gasteiger partial charge in [0.05, 0.1) is 24.0 Å². The van der Waals surface area contributed by atoms with Gasteiger partial charge < -0.3 is 4.90 Å². The lowest BCUT2D eigenvalue weighted by molar-refractivity contribution is -0.124. The van der Waals surface area contributed by atoms with Crippen LogP contribution in [0.25, 0.3) is 0 Å². The number of carbonyl (C=O) groups excluding carboxylic acids is 1. The molecule has 1 atom stereocenters. The van der Waals surface area contributed by atoms with E-state index in [1.807, 2.05) is 23.1 Å². The summed E-state index contributed by atoms with van der Waals surface area (Å²) in [6.07, 6.45) is 0. The Morgan fingerprint density at radius 3 is 2.62 bits per heavy atom. The Hall–Kier alpha value is -1.51. The smallest absolute Gasteiger partial charge is 0.233 e. The molecule has 0 saturated carbocycles. The molecule has 0 N–H and O–H groups in total. The van der Waals surface area contributed by atoms with Gasteiger partial charge in [0.2, 0.25) is 5.91 Å². The lowest BCUT2D eigenvalue weighted by Gasteiger charge is -2.34. The molecule has 0 spiro atoms. The van der Waals surface area contributed by atoms with Gasteiger partial charge in [-0.15, -0.1) is 0 Å². The molecule has 1 aromatic carbocycles. The molecule has 1 aromatic rings. The van der Waals surface area contributed by atoms with E-state index in [9.17, 15) is 4.79 Å². The monoisotopic (exact) mass is 216 g/mol. The molecule has 0 aromatic heterocycles. The minimum absolute atomic E-state index is 0.140. The van der Waals surface area contributed by atoms with Crippen LogP contribution < -0.4 is 9.80 Å². The standard InChI is InChI=1S/C13H16N2O/c1-9(2)10-7-14-8-15(13(10)16)12-6-4-3-5-11(12)14/h3-6,9-10H,7-8H2,1-2H3. The van der Waals surface area contributed by atoms with Crippen LogP contribution in [0.2, 0.25) is 0 Å². The fraction of sp³-hybridized carbons (Fsp3) is 0.462. The number of hydrogen-bond acceptors (Lipinski definition) is 2. The molecule has 0 aliphatic carbocycles. The molecule has 1 amide bonds. The molecule has 2 bridgehead atoms. The summed E-state index contributed by atoms with van der Waals surface area (Å²) >= 11 is 0. The van der Waals surface area contributed by atoms with Gasteiger partial charge in [-0.1, -0.05) is 26.0 Å². The highest BCUT2D eigenvalue weighted by atomic mass is 16.2. The lowest BCUT2D eigenvalue weighted by Crippen LogP contribution is -2.50. The Labute approximate surface area is 95.7 Å². The fourth-order valence-corrected chi connectivity index (χ4v) is 2.64. The first-order chi connectivity index (χ1) is 7.68. The lowest BCUT2D eigenvalue weighted by atomic mass is 9.93. The van der Waals surface area contributed by atoms with Crippen LogP contribution in [-0.4, -0.2) is 19.1 Å². The third-order valence-corrected chi connectivity index (χ3v) is 3.63. The minimum Gasteiger partial charge on any atom is -0.351 e. The van der Waals surface area contributed by atoms with Crippen LogP contribution in [0.4, 0.5) is 11.4 Å². The molecule has 3 rings (SSSR count). The second-order valence-electron chi connectivity index (χ2n) is 4.97. The van der Waals surface area contributed by atoms with Crippen molar-refractivity contribution in [3.05, 3.63) is 24.3 Å². The molecule has 3 heteroatoms. The molecular weight excluding hydrogens is 200 g/mol. The van der Waals surface area contributed by atoms with Crippen molar-refractivity contribution in [2.45, 2.75) is 13.8 Å². The quantitative estimate of drug-likeness (QED) is 0.717. The highest BCUT2D eigenvalue weighted by Gasteiger charge is 2.41. The zero-order valence-electron chi connectivity index (χ0n) is 9.68. The van der Waals surface area contributed by atoms with Crippen LogP contribution in [-0.2, 0) is 4.79 Å². The van der Waals surface area contributed by atoms with Crippen molar-refractivity contribution in [1.29, 1.82) is 0 Å². The summed E-state index contributed by atoms with van der Waals surface area (Å²) in [5.41, 5.74) is 2.29. The maximum absolute atomic E-state index is 12.3. The van der Waals surface area contributed by atoms with E-state index in [0.29, 0.717) is 5.92 Å². The van der Waals surface area contributed by atoms with Crippen molar-refractivity contribution in [3.63, 3.8) is 0 Å². The molecule has 0 radical (unpaired) electrons. The van der Waals surface area contributed by atoms with Crippen molar-refractivity contribution >= 4 is 17.3 Å². The minimum atomic E-state index is 0.140. The van der Waals surface area contributed by atoms with E-state index >= 15 is 0 Å². The van der Waals surface area contributed by atoms with Gasteiger partial charge in [0, 0.05) is 6.54 Å². The molecule has 2 aliphatic rings. The number of hydrogen-bond donors (Lipinski definition) is 0. The second kappa shape index (κ2) is 3.24. The first-order valence-corrected chi connectivity index (χ1v) is 5.84. The normalized spacial score (nSPS) is 22.9. The number of nitrogens with zero attached hydrogens (tertiary/aromatic N) is 2. The predicted molar refractivity (Wildman–Crippen MR) is 64.5 cm³/mol. The van der Waals surface area contributed by atoms with E-state index in [1.54, 1.807) is 0 Å². The van der Waals surface area contributed by atoms with Gasteiger partial charge in [-0.2, -0.15) is 0 Å². The molecule has 16 heavy (non-hydrogen) atoms. The Kier molecular flexibility index (Phi) is 1.96. The van der Waals surface area contributed by atoms with Crippen molar-refractivity contribution in [2.75, 3.05) is 23.0 Å². The van der Waals surface area contributed by atoms with Crippen LogP contribution >= 0.6 is 0 Å². The average molecular weight is 216 g/mol. The van der Waals surface area contributed by atoms with Crippen LogP contribution in [0.1, 0.15) is 13.8 Å². The Morgan fingerprint density at radius 2 is 1.94 bits per heavy atom. The molecule has 2 heterocycles. The number of anilines is 2. The van der Waals surface area contributed by atoms with Gasteiger partial charge in [0.25, 0.3) is 0 Å². The molecule has 2 aliphatic heterocycles. The third kappa shape index (κ3) is 1.17. The third-order valence-electron chi connectivity index (χ3n) is 3.63. The SMILES string of the molecule is CC(C)C1CN2CN(C1=O)c1ccccc12. The highest BCUT2D eigenvalue weighted by Crippen LogP contribution is 2.41. The Balaban J connectivity index is 2.04. The van der Waals surface area contributed by atoms with Gasteiger partial charge in [-0.3, -0.25) is 9.69 Å². The summed E-state index contributed by atoms with van der Waals surface area (Å²) in [6, 6.07) is 8.18. The predicted octanol–water partition coefficient (Wildman–Crippen LogP) is 2.08. The van der Waals surface area contributed by atoms with Gasteiger partial charge in [-0.25, -0.2) is 0 Å². The summed E-state index contributed by atoms with van der Waals surface area (Å²) in [5.74, 6) is 0.837. The summed E-state index contributed by atoms with van der Waals surface area (Å²) < 4.78 is 0. The first-order valence-electron chi connectivity index (χ1n) is 5.84. The highest BCUT2D eigenvalue weighted by molar-refractivity contribution is 6.03. The molecule has 1 fully saturated rings. The zero-order valence-corrected chi connectivity index (χ0v) is 9.68. The van der Waals surface area contributed by atoms with Crippen molar-refractivity contribution in [2.24, 2.45) is 11.8 Å². The van der Waals surface area contributed by atoms with Crippen LogP contribution in [0, 0.1) is 11.8 Å². The number of amides is 1. The summed E-state index contributed by atoms with van der Waals surface area (Å²) in [7, 11) is 0. The van der Waals surface area contributed by atoms with E-state index in [0.717, 1.165) is 18.9 Å². The molecule has 84 valence electrons. The van der Waals surface area contributed by atoms with E-state index in [4.69, 9.17) is 0 Å². The van der Waals surface area contributed by atoms with Crippen molar-refractivity contribution in [1.82, 2.24) is 0 Å². The average Bonchev–Trinajstić information content (AvgIpc) is 2.59. The van der Waals surface area contributed by atoms with Gasteiger partial charge in [0.1, 0.15) is 0 Å². The maximum Gasteiger partial charge on any atom is 0.233 e. The number of rotatable bonds is 1. The fourth-order valence-electron chi connectivity index (χ4n) is 2.64. The molecular formula is C13H16N2O. The molecule has 1 saturated heterocycles. The number of para-hydroxylation sites is 2. The van der Waals surface area contributed by atoms with Crippen molar-refractivity contribution < 1.29 is 4.79 Å². The maximum atomic E-state index is 12.3. The van der Waals surface area contributed by atoms with E-state index < -0.39 is 0 Å². The van der Waals surface area contributed by atoms with Crippen LogP contribution in [0.15, 0.2) is 24.3 Å². The largest absolute Gasteiger partial charge is 0.351 e. The Bertz CT molecular complexity index is 441. The second-order valence-corrected chi connectivity index (χ2v) is 4.97. The van der Waals surface area contributed by atoms with E-state index in [1.165, 1.54) is 5.69 Å². The van der Waals surface area contributed by atoms with Crippen LogP contribution in [0.3, 0.4) is 0 Å². The molecule has 1 unspecified atom stereocenters. The van der Waals surface area contributed by atoms with Gasteiger partial charge in [0.15, 0.2) is 0 Å². The number of fused-ring (bicyclic) bond motifs is 5. The van der Waals surface area contributed by atoms with Gasteiger partial charge in [-0.05, 0) is 18.1 Å². The van der Waals surface area contributed by atoms with E-state index in [-0.39, 0.29) is 11.8 Å². The number of carbonyl (C=O) groups is 1.